The number of aryl methyl sites for hydroxylation is 1. The number of hydrogen-bond donors (Lipinski definition) is 3. The van der Waals surface area contributed by atoms with Crippen LogP contribution in [-0.2, 0) is 14.8 Å². The summed E-state index contributed by atoms with van der Waals surface area (Å²) in [4.78, 5) is 17.2. The van der Waals surface area contributed by atoms with Crippen molar-refractivity contribution in [2.75, 3.05) is 49.6 Å². The van der Waals surface area contributed by atoms with Crippen LogP contribution in [0.5, 0.6) is 0 Å². The first-order valence-electron chi connectivity index (χ1n) is 7.95. The summed E-state index contributed by atoms with van der Waals surface area (Å²) in [5, 5.41) is 3.09. The zero-order chi connectivity index (χ0) is 17.7. The molecule has 0 atom stereocenters. The third kappa shape index (κ3) is 4.65. The van der Waals surface area contributed by atoms with E-state index >= 15 is 0 Å². The molecule has 1 aliphatic heterocycles. The van der Waals surface area contributed by atoms with Crippen molar-refractivity contribution in [3.05, 3.63) is 24.3 Å². The lowest BCUT2D eigenvalue weighted by Crippen LogP contribution is -2.37. The van der Waals surface area contributed by atoms with E-state index in [9.17, 15) is 8.42 Å². The summed E-state index contributed by atoms with van der Waals surface area (Å²) in [5.74, 6) is 1.32. The summed E-state index contributed by atoms with van der Waals surface area (Å²) in [6.07, 6.45) is 2.58. The van der Waals surface area contributed by atoms with Gasteiger partial charge in [-0.25, -0.2) is 23.1 Å². The largest absolute Gasteiger partial charge is 0.378 e. The highest BCUT2D eigenvalue weighted by Gasteiger charge is 2.15. The molecule has 0 aliphatic carbocycles. The standard InChI is InChI=1S/C14H21N7O3S/c1-11-8-12(21-4-6-24-7-5-21)20-14(19-11)16-2-3-18-25(22,23)13-9-15-10-17-13/h8-10,18H,2-7H2,1H3,(H,15,17)(H,16,19,20). The van der Waals surface area contributed by atoms with Crippen molar-refractivity contribution in [2.45, 2.75) is 11.9 Å². The fourth-order valence-corrected chi connectivity index (χ4v) is 3.35. The first kappa shape index (κ1) is 17.6. The van der Waals surface area contributed by atoms with E-state index in [1.165, 1.54) is 12.5 Å². The quantitative estimate of drug-likeness (QED) is 0.572. The Morgan fingerprint density at radius 3 is 2.80 bits per heavy atom. The van der Waals surface area contributed by atoms with Gasteiger partial charge in [-0.3, -0.25) is 0 Å². The molecule has 25 heavy (non-hydrogen) atoms. The number of sulfonamides is 1. The number of anilines is 2. The van der Waals surface area contributed by atoms with E-state index < -0.39 is 10.0 Å². The fraction of sp³-hybridized carbons (Fsp3) is 0.500. The summed E-state index contributed by atoms with van der Waals surface area (Å²) >= 11 is 0. The van der Waals surface area contributed by atoms with Crippen molar-refractivity contribution in [3.63, 3.8) is 0 Å². The number of nitrogens with one attached hydrogen (secondary N) is 3. The number of ether oxygens (including phenoxy) is 1. The maximum absolute atomic E-state index is 12.0. The van der Waals surface area contributed by atoms with Gasteiger partial charge in [0, 0.05) is 37.9 Å². The third-order valence-corrected chi connectivity index (χ3v) is 5.03. The van der Waals surface area contributed by atoms with Gasteiger partial charge in [-0.1, -0.05) is 0 Å². The van der Waals surface area contributed by atoms with Gasteiger partial charge in [0.1, 0.15) is 5.82 Å². The average Bonchev–Trinajstić information content (AvgIpc) is 3.15. The number of rotatable bonds is 7. The van der Waals surface area contributed by atoms with Crippen LogP contribution in [0.4, 0.5) is 11.8 Å². The Labute approximate surface area is 146 Å². The highest BCUT2D eigenvalue weighted by Crippen LogP contribution is 2.16. The summed E-state index contributed by atoms with van der Waals surface area (Å²) in [6, 6.07) is 1.93. The maximum atomic E-state index is 12.0. The highest BCUT2D eigenvalue weighted by atomic mass is 32.2. The maximum Gasteiger partial charge on any atom is 0.257 e. The molecule has 3 rings (SSSR count). The van der Waals surface area contributed by atoms with E-state index in [4.69, 9.17) is 4.74 Å². The Kier molecular flexibility index (Phi) is 5.46. The van der Waals surface area contributed by atoms with Crippen LogP contribution in [0.2, 0.25) is 0 Å². The second-order valence-corrected chi connectivity index (χ2v) is 7.27. The summed E-state index contributed by atoms with van der Waals surface area (Å²) in [7, 11) is -3.58. The first-order valence-corrected chi connectivity index (χ1v) is 9.43. The van der Waals surface area contributed by atoms with Crippen molar-refractivity contribution >= 4 is 21.8 Å². The molecule has 0 saturated carbocycles. The van der Waals surface area contributed by atoms with Crippen LogP contribution >= 0.6 is 0 Å². The number of aromatic nitrogens is 4. The molecule has 3 N–H and O–H groups in total. The highest BCUT2D eigenvalue weighted by molar-refractivity contribution is 7.89. The molecule has 1 fully saturated rings. The Morgan fingerprint density at radius 2 is 2.08 bits per heavy atom. The van der Waals surface area contributed by atoms with Gasteiger partial charge in [0.15, 0.2) is 5.03 Å². The van der Waals surface area contributed by atoms with E-state index in [1.54, 1.807) is 0 Å². The number of H-pyrrole nitrogens is 1. The van der Waals surface area contributed by atoms with Crippen LogP contribution in [0.1, 0.15) is 5.69 Å². The lowest BCUT2D eigenvalue weighted by molar-refractivity contribution is 0.122. The molecule has 2 aromatic heterocycles. The van der Waals surface area contributed by atoms with Crippen LogP contribution in [0.3, 0.4) is 0 Å². The molecule has 1 saturated heterocycles. The molecule has 0 aromatic carbocycles. The van der Waals surface area contributed by atoms with E-state index in [0.29, 0.717) is 25.7 Å². The SMILES string of the molecule is Cc1cc(N2CCOCC2)nc(NCCNS(=O)(=O)c2cnc[nH]2)n1. The Bertz CT molecular complexity index is 789. The van der Waals surface area contributed by atoms with Crippen molar-refractivity contribution in [1.29, 1.82) is 0 Å². The monoisotopic (exact) mass is 367 g/mol. The lowest BCUT2D eigenvalue weighted by atomic mass is 10.3. The molecule has 0 bridgehead atoms. The van der Waals surface area contributed by atoms with Crippen LogP contribution < -0.4 is 14.9 Å². The zero-order valence-electron chi connectivity index (χ0n) is 13.9. The lowest BCUT2D eigenvalue weighted by Gasteiger charge is -2.28. The first-order chi connectivity index (χ1) is 12.0. The summed E-state index contributed by atoms with van der Waals surface area (Å²) in [5.41, 5.74) is 0.844. The van der Waals surface area contributed by atoms with Gasteiger partial charge in [0.25, 0.3) is 10.0 Å². The molecule has 2 aromatic rings. The Balaban J connectivity index is 1.55. The Morgan fingerprint density at radius 1 is 1.28 bits per heavy atom. The summed E-state index contributed by atoms with van der Waals surface area (Å²) < 4.78 is 31.7. The van der Waals surface area contributed by atoms with Gasteiger partial charge in [0.05, 0.1) is 25.7 Å². The van der Waals surface area contributed by atoms with Crippen molar-refractivity contribution in [3.8, 4) is 0 Å². The molecule has 0 spiro atoms. The molecule has 11 heteroatoms. The average molecular weight is 367 g/mol. The van der Waals surface area contributed by atoms with Gasteiger partial charge < -0.3 is 19.9 Å². The number of morpholine rings is 1. The summed E-state index contributed by atoms with van der Waals surface area (Å²) in [6.45, 7) is 5.41. The zero-order valence-corrected chi connectivity index (χ0v) is 14.7. The van der Waals surface area contributed by atoms with E-state index in [1.807, 2.05) is 13.0 Å². The van der Waals surface area contributed by atoms with E-state index in [0.717, 1.165) is 24.6 Å². The predicted octanol–water partition coefficient (Wildman–Crippen LogP) is -0.265. The normalized spacial score (nSPS) is 15.3. The number of hydrogen-bond acceptors (Lipinski definition) is 8. The predicted molar refractivity (Wildman–Crippen MR) is 92.1 cm³/mol. The van der Waals surface area contributed by atoms with Gasteiger partial charge in [-0.05, 0) is 6.92 Å². The van der Waals surface area contributed by atoms with Gasteiger partial charge in [0.2, 0.25) is 5.95 Å². The van der Waals surface area contributed by atoms with Crippen molar-refractivity contribution in [1.82, 2.24) is 24.7 Å². The van der Waals surface area contributed by atoms with E-state index in [-0.39, 0.29) is 11.6 Å². The van der Waals surface area contributed by atoms with Crippen LogP contribution in [0.15, 0.2) is 23.6 Å². The molecule has 0 unspecified atom stereocenters. The second kappa shape index (κ2) is 7.76. The smallest absolute Gasteiger partial charge is 0.257 e. The fourth-order valence-electron chi connectivity index (χ4n) is 2.41. The van der Waals surface area contributed by atoms with Gasteiger partial charge >= 0.3 is 0 Å². The molecular weight excluding hydrogens is 346 g/mol. The molecule has 1 aliphatic rings. The topological polar surface area (TPSA) is 125 Å². The van der Waals surface area contributed by atoms with Gasteiger partial charge in [-0.2, -0.15) is 4.98 Å². The van der Waals surface area contributed by atoms with Crippen molar-refractivity contribution < 1.29 is 13.2 Å². The molecular formula is C14H21N7O3S. The van der Waals surface area contributed by atoms with Gasteiger partial charge in [-0.15, -0.1) is 0 Å². The molecule has 10 nitrogen and oxygen atoms in total. The minimum Gasteiger partial charge on any atom is -0.378 e. The minimum absolute atomic E-state index is 0.0360. The number of nitrogens with zero attached hydrogens (tertiary/aromatic N) is 4. The van der Waals surface area contributed by atoms with Crippen molar-refractivity contribution in [2.24, 2.45) is 0 Å². The molecule has 136 valence electrons. The molecule has 3 heterocycles. The van der Waals surface area contributed by atoms with E-state index in [2.05, 4.69) is 34.9 Å². The second-order valence-electron chi connectivity index (χ2n) is 5.53. The minimum atomic E-state index is -3.58. The van der Waals surface area contributed by atoms with Crippen LogP contribution in [0, 0.1) is 6.92 Å². The van der Waals surface area contributed by atoms with Crippen LogP contribution in [-0.4, -0.2) is 67.7 Å². The number of imidazole rings is 1. The number of aromatic amines is 1. The molecule has 0 amide bonds. The molecule has 0 radical (unpaired) electrons. The third-order valence-electron chi connectivity index (χ3n) is 3.64. The van der Waals surface area contributed by atoms with Crippen LogP contribution in [0.25, 0.3) is 0 Å². The Hall–Kier alpha value is -2.24.